The molecule has 0 aliphatic rings. The molecule has 0 aromatic carbocycles. The van der Waals surface area contributed by atoms with Gasteiger partial charge in [-0.25, -0.2) is 0 Å². The fraction of sp³-hybridized carbons (Fsp3) is 0.700. The molecule has 1 rings (SSSR count). The van der Waals surface area contributed by atoms with Gasteiger partial charge in [0.25, 0.3) is 0 Å². The highest BCUT2D eigenvalue weighted by atomic mass is 79.9. The Morgan fingerprint density at radius 3 is 2.73 bits per heavy atom. The minimum absolute atomic E-state index is 0.117. The molecule has 0 saturated heterocycles. The normalized spacial score (nSPS) is 15.3. The van der Waals surface area contributed by atoms with Gasteiger partial charge in [-0.15, -0.1) is 0 Å². The van der Waals surface area contributed by atoms with Gasteiger partial charge < -0.3 is 10.1 Å². The Kier molecular flexibility index (Phi) is 4.76. The molecule has 0 aliphatic carbocycles. The Bertz CT molecular complexity index is 294. The van der Waals surface area contributed by atoms with Crippen LogP contribution < -0.4 is 5.32 Å². The van der Waals surface area contributed by atoms with Crippen LogP contribution in [0.25, 0.3) is 0 Å². The van der Waals surface area contributed by atoms with E-state index in [0.717, 1.165) is 16.8 Å². The predicted octanol–water partition coefficient (Wildman–Crippen LogP) is 1.87. The van der Waals surface area contributed by atoms with E-state index in [4.69, 9.17) is 4.74 Å². The van der Waals surface area contributed by atoms with Crippen molar-refractivity contribution in [3.63, 3.8) is 0 Å². The van der Waals surface area contributed by atoms with E-state index >= 15 is 0 Å². The van der Waals surface area contributed by atoms with Gasteiger partial charge in [-0.05, 0) is 36.8 Å². The second kappa shape index (κ2) is 5.63. The van der Waals surface area contributed by atoms with Gasteiger partial charge in [0.15, 0.2) is 0 Å². The maximum absolute atomic E-state index is 5.60. The van der Waals surface area contributed by atoms with Gasteiger partial charge in [0, 0.05) is 13.7 Å². The SMILES string of the molecule is CCOC(C)C(NC)c1c(Br)cnn1C. The molecule has 2 atom stereocenters. The molecule has 1 aromatic heterocycles. The van der Waals surface area contributed by atoms with Crippen molar-refractivity contribution in [3.8, 4) is 0 Å². The largest absolute Gasteiger partial charge is 0.377 e. The predicted molar refractivity (Wildman–Crippen MR) is 63.8 cm³/mol. The Hall–Kier alpha value is -0.390. The van der Waals surface area contributed by atoms with Crippen molar-refractivity contribution in [1.82, 2.24) is 15.1 Å². The van der Waals surface area contributed by atoms with Crippen LogP contribution in [0.5, 0.6) is 0 Å². The summed E-state index contributed by atoms with van der Waals surface area (Å²) in [4.78, 5) is 0. The van der Waals surface area contributed by atoms with Crippen LogP contribution in [0.2, 0.25) is 0 Å². The lowest BCUT2D eigenvalue weighted by Gasteiger charge is -2.24. The van der Waals surface area contributed by atoms with E-state index in [1.807, 2.05) is 25.7 Å². The molecule has 5 heteroatoms. The molecular weight excluding hydrogens is 258 g/mol. The monoisotopic (exact) mass is 275 g/mol. The summed E-state index contributed by atoms with van der Waals surface area (Å²) in [6.07, 6.45) is 1.92. The fourth-order valence-corrected chi connectivity index (χ4v) is 2.32. The highest BCUT2D eigenvalue weighted by molar-refractivity contribution is 9.10. The summed E-state index contributed by atoms with van der Waals surface area (Å²) in [5, 5.41) is 7.46. The fourth-order valence-electron chi connectivity index (χ4n) is 1.72. The molecule has 0 radical (unpaired) electrons. The van der Waals surface area contributed by atoms with Crippen molar-refractivity contribution in [1.29, 1.82) is 0 Å². The Labute approximate surface area is 99.1 Å². The highest BCUT2D eigenvalue weighted by Crippen LogP contribution is 2.25. The van der Waals surface area contributed by atoms with Gasteiger partial charge in [0.2, 0.25) is 0 Å². The van der Waals surface area contributed by atoms with Crippen molar-refractivity contribution in [3.05, 3.63) is 16.4 Å². The number of nitrogens with zero attached hydrogens (tertiary/aromatic N) is 2. The molecule has 1 N–H and O–H groups in total. The zero-order chi connectivity index (χ0) is 11.4. The summed E-state index contributed by atoms with van der Waals surface area (Å²) < 4.78 is 8.48. The number of rotatable bonds is 5. The van der Waals surface area contributed by atoms with E-state index in [0.29, 0.717) is 0 Å². The van der Waals surface area contributed by atoms with Crippen LogP contribution in [0.1, 0.15) is 25.6 Å². The number of hydrogen-bond acceptors (Lipinski definition) is 3. The van der Waals surface area contributed by atoms with Crippen LogP contribution in [0, 0.1) is 0 Å². The van der Waals surface area contributed by atoms with E-state index in [2.05, 4.69) is 33.3 Å². The van der Waals surface area contributed by atoms with Crippen LogP contribution in [0.4, 0.5) is 0 Å². The van der Waals surface area contributed by atoms with Gasteiger partial charge >= 0.3 is 0 Å². The first-order valence-corrected chi connectivity index (χ1v) is 5.87. The first kappa shape index (κ1) is 12.7. The first-order valence-electron chi connectivity index (χ1n) is 5.08. The topological polar surface area (TPSA) is 39.1 Å². The van der Waals surface area contributed by atoms with Crippen molar-refractivity contribution < 1.29 is 4.74 Å². The van der Waals surface area contributed by atoms with E-state index < -0.39 is 0 Å². The number of aryl methyl sites for hydroxylation is 1. The van der Waals surface area contributed by atoms with Crippen molar-refractivity contribution in [2.45, 2.75) is 26.0 Å². The summed E-state index contributed by atoms with van der Waals surface area (Å²) >= 11 is 3.50. The Morgan fingerprint density at radius 1 is 1.67 bits per heavy atom. The Morgan fingerprint density at radius 2 is 2.33 bits per heavy atom. The molecular formula is C10H18BrN3O. The maximum atomic E-state index is 5.60. The number of halogens is 1. The van der Waals surface area contributed by atoms with E-state index in [1.165, 1.54) is 0 Å². The highest BCUT2D eigenvalue weighted by Gasteiger charge is 2.23. The molecule has 0 amide bonds. The number of ether oxygens (including phenoxy) is 1. The third-order valence-electron chi connectivity index (χ3n) is 2.44. The molecule has 15 heavy (non-hydrogen) atoms. The van der Waals surface area contributed by atoms with E-state index in [9.17, 15) is 0 Å². The minimum Gasteiger partial charge on any atom is -0.377 e. The van der Waals surface area contributed by atoms with Crippen LogP contribution in [0.3, 0.4) is 0 Å². The lowest BCUT2D eigenvalue weighted by molar-refractivity contribution is 0.0470. The molecule has 0 aliphatic heterocycles. The van der Waals surface area contributed by atoms with E-state index in [-0.39, 0.29) is 12.1 Å². The maximum Gasteiger partial charge on any atom is 0.0764 e. The third-order valence-corrected chi connectivity index (χ3v) is 3.05. The number of likely N-dealkylation sites (N-methyl/N-ethyl adjacent to an activating group) is 1. The van der Waals surface area contributed by atoms with E-state index in [1.54, 1.807) is 6.20 Å². The quantitative estimate of drug-likeness (QED) is 0.892. The first-order chi connectivity index (χ1) is 7.11. The van der Waals surface area contributed by atoms with Gasteiger partial charge in [-0.2, -0.15) is 5.10 Å². The van der Waals surface area contributed by atoms with Crippen LogP contribution in [0.15, 0.2) is 10.7 Å². The molecule has 0 bridgehead atoms. The summed E-state index contributed by atoms with van der Waals surface area (Å²) in [6, 6.07) is 0.145. The second-order valence-corrected chi connectivity index (χ2v) is 4.28. The smallest absolute Gasteiger partial charge is 0.0764 e. The molecule has 2 unspecified atom stereocenters. The lowest BCUT2D eigenvalue weighted by atomic mass is 10.1. The average Bonchev–Trinajstić information content (AvgIpc) is 2.51. The van der Waals surface area contributed by atoms with Crippen LogP contribution in [-0.4, -0.2) is 29.5 Å². The van der Waals surface area contributed by atoms with Crippen LogP contribution >= 0.6 is 15.9 Å². The molecule has 1 aromatic rings. The zero-order valence-corrected chi connectivity index (χ0v) is 11.2. The molecule has 0 saturated carbocycles. The lowest BCUT2D eigenvalue weighted by Crippen LogP contribution is -2.31. The molecule has 4 nitrogen and oxygen atoms in total. The van der Waals surface area contributed by atoms with Gasteiger partial charge in [-0.3, -0.25) is 4.68 Å². The summed E-state index contributed by atoms with van der Waals surface area (Å²) in [6.45, 7) is 4.78. The Balaban J connectivity index is 2.91. The molecule has 0 fully saturated rings. The number of aromatic nitrogens is 2. The minimum atomic E-state index is 0.117. The standard InChI is InChI=1S/C10H18BrN3O/c1-5-15-7(2)9(12-3)10-8(11)6-13-14(10)4/h6-7,9,12H,5H2,1-4H3. The zero-order valence-electron chi connectivity index (χ0n) is 9.62. The molecule has 0 spiro atoms. The molecule has 1 heterocycles. The van der Waals surface area contributed by atoms with Gasteiger partial charge in [-0.1, -0.05) is 0 Å². The van der Waals surface area contributed by atoms with Crippen LogP contribution in [-0.2, 0) is 11.8 Å². The van der Waals surface area contributed by atoms with Crippen molar-refractivity contribution in [2.24, 2.45) is 7.05 Å². The van der Waals surface area contributed by atoms with Crippen molar-refractivity contribution in [2.75, 3.05) is 13.7 Å². The number of hydrogen-bond donors (Lipinski definition) is 1. The van der Waals surface area contributed by atoms with Crippen molar-refractivity contribution >= 4 is 15.9 Å². The van der Waals surface area contributed by atoms with Gasteiger partial charge in [0.1, 0.15) is 0 Å². The second-order valence-electron chi connectivity index (χ2n) is 3.43. The summed E-state index contributed by atoms with van der Waals surface area (Å²) in [5.74, 6) is 0. The average molecular weight is 276 g/mol. The van der Waals surface area contributed by atoms with Gasteiger partial charge in [0.05, 0.1) is 28.5 Å². The summed E-state index contributed by atoms with van der Waals surface area (Å²) in [5.41, 5.74) is 1.11. The summed E-state index contributed by atoms with van der Waals surface area (Å²) in [7, 11) is 3.86. The third kappa shape index (κ3) is 2.80. The molecule has 86 valence electrons. The number of nitrogens with one attached hydrogen (secondary N) is 1.